The van der Waals surface area contributed by atoms with E-state index in [1.54, 1.807) is 18.3 Å². The number of halogens is 1. The highest BCUT2D eigenvalue weighted by Crippen LogP contribution is 2.40. The van der Waals surface area contributed by atoms with Crippen molar-refractivity contribution in [3.63, 3.8) is 0 Å². The molecular weight excluding hydrogens is 495 g/mol. The summed E-state index contributed by atoms with van der Waals surface area (Å²) in [7, 11) is 0. The molecule has 9 heteroatoms. The number of nitrogens with zero attached hydrogens (tertiary/aromatic N) is 5. The molecule has 2 N–H and O–H groups in total. The molecule has 2 aromatic heterocycles. The maximum Gasteiger partial charge on any atom is 0.319 e. The maximum atomic E-state index is 16.4. The first kappa shape index (κ1) is 25.0. The molecule has 0 amide bonds. The van der Waals surface area contributed by atoms with Gasteiger partial charge in [-0.25, -0.2) is 4.39 Å². The molecule has 1 aromatic carbocycles. The minimum absolute atomic E-state index is 0.0440. The number of ether oxygens (including phenoxy) is 1. The van der Waals surface area contributed by atoms with Crippen molar-refractivity contribution in [2.45, 2.75) is 75.9 Å². The van der Waals surface area contributed by atoms with Crippen molar-refractivity contribution in [2.75, 3.05) is 37.7 Å². The van der Waals surface area contributed by atoms with Gasteiger partial charge in [-0.2, -0.15) is 9.97 Å². The van der Waals surface area contributed by atoms with Crippen LogP contribution in [0.3, 0.4) is 0 Å². The van der Waals surface area contributed by atoms with Crippen LogP contribution in [0.15, 0.2) is 24.4 Å². The minimum Gasteiger partial charge on any atom is -0.508 e. The Kier molecular flexibility index (Phi) is 6.12. The number of fused-ring (bicyclic) bond motifs is 4. The van der Waals surface area contributed by atoms with E-state index in [0.717, 1.165) is 57.4 Å². The number of pyridine rings is 1. The van der Waals surface area contributed by atoms with Gasteiger partial charge < -0.3 is 20.1 Å². The monoisotopic (exact) mass is 532 g/mol. The molecule has 4 aliphatic rings. The third-order valence-corrected chi connectivity index (χ3v) is 9.35. The van der Waals surface area contributed by atoms with Crippen molar-refractivity contribution in [1.29, 1.82) is 0 Å². The number of benzene rings is 1. The molecule has 3 aromatic rings. The van der Waals surface area contributed by atoms with E-state index >= 15 is 4.39 Å². The van der Waals surface area contributed by atoms with Gasteiger partial charge >= 0.3 is 6.01 Å². The fourth-order valence-electron chi connectivity index (χ4n) is 7.40. The summed E-state index contributed by atoms with van der Waals surface area (Å²) in [5.41, 5.74) is 1.95. The molecule has 0 saturated carbocycles. The van der Waals surface area contributed by atoms with Gasteiger partial charge in [0.15, 0.2) is 5.82 Å². The Morgan fingerprint density at radius 3 is 2.59 bits per heavy atom. The topological polar surface area (TPSA) is 86.6 Å². The predicted molar refractivity (Wildman–Crippen MR) is 149 cm³/mol. The maximum absolute atomic E-state index is 16.4. The van der Waals surface area contributed by atoms with Gasteiger partial charge in [0, 0.05) is 36.9 Å². The Morgan fingerprint density at radius 2 is 1.87 bits per heavy atom. The lowest BCUT2D eigenvalue weighted by Crippen LogP contribution is -2.51. The van der Waals surface area contributed by atoms with E-state index < -0.39 is 5.82 Å². The number of phenols is 1. The number of anilines is 1. The zero-order chi connectivity index (χ0) is 26.7. The number of aromatic nitrogens is 3. The molecule has 4 fully saturated rings. The average Bonchev–Trinajstić information content (AvgIpc) is 3.61. The quantitative estimate of drug-likeness (QED) is 0.476. The van der Waals surface area contributed by atoms with Crippen LogP contribution in [0.2, 0.25) is 0 Å². The summed E-state index contributed by atoms with van der Waals surface area (Å²) < 4.78 is 22.8. The normalized spacial score (nSPS) is 24.2. The molecule has 7 rings (SSSR count). The van der Waals surface area contributed by atoms with Crippen LogP contribution in [0.4, 0.5) is 10.2 Å². The molecule has 0 spiro atoms. The fraction of sp³-hybridized carbons (Fsp3) is 0.567. The number of nitrogens with one attached hydrogen (secondary N) is 1. The Hall–Kier alpha value is -3.04. The molecule has 4 saturated heterocycles. The van der Waals surface area contributed by atoms with Crippen molar-refractivity contribution in [1.82, 2.24) is 25.2 Å². The van der Waals surface area contributed by atoms with Crippen LogP contribution in [-0.2, 0) is 0 Å². The van der Waals surface area contributed by atoms with E-state index in [1.165, 1.54) is 12.8 Å². The minimum atomic E-state index is -0.506. The van der Waals surface area contributed by atoms with Crippen molar-refractivity contribution in [3.8, 4) is 23.0 Å². The van der Waals surface area contributed by atoms with Crippen LogP contribution in [0.5, 0.6) is 11.8 Å². The first-order valence-corrected chi connectivity index (χ1v) is 14.5. The number of aromatic hydroxyl groups is 1. The Labute approximate surface area is 228 Å². The number of piperazine rings is 1. The molecule has 8 nitrogen and oxygen atoms in total. The summed E-state index contributed by atoms with van der Waals surface area (Å²) in [6, 6.07) is 6.10. The molecule has 39 heavy (non-hydrogen) atoms. The first-order chi connectivity index (χ1) is 18.9. The molecule has 206 valence electrons. The lowest BCUT2D eigenvalue weighted by Gasteiger charge is -2.34. The van der Waals surface area contributed by atoms with Crippen LogP contribution in [0.1, 0.15) is 63.9 Å². The van der Waals surface area contributed by atoms with Crippen LogP contribution < -0.4 is 15.0 Å². The van der Waals surface area contributed by atoms with E-state index in [9.17, 15) is 5.11 Å². The second-order valence-corrected chi connectivity index (χ2v) is 12.2. The summed E-state index contributed by atoms with van der Waals surface area (Å²) in [4.78, 5) is 19.0. The molecule has 0 unspecified atom stereocenters. The van der Waals surface area contributed by atoms with Crippen molar-refractivity contribution in [3.05, 3.63) is 35.8 Å². The Morgan fingerprint density at radius 1 is 1.13 bits per heavy atom. The molecule has 2 bridgehead atoms. The SMILES string of the molecule is CC(C)c1ccc(O)cc1-c1ncc2c(N3C[C@H]4CC[C@@H](C3)N4)nc(OCC34CCCN3CCC4)nc2c1F. The summed E-state index contributed by atoms with van der Waals surface area (Å²) in [6.45, 7) is 8.47. The van der Waals surface area contributed by atoms with E-state index in [0.29, 0.717) is 35.5 Å². The lowest BCUT2D eigenvalue weighted by atomic mass is 9.94. The smallest absolute Gasteiger partial charge is 0.319 e. The van der Waals surface area contributed by atoms with E-state index in [2.05, 4.69) is 38.9 Å². The molecule has 0 radical (unpaired) electrons. The number of rotatable bonds is 6. The number of hydrogen-bond donors (Lipinski definition) is 2. The number of phenolic OH excluding ortho intramolecular Hbond substituents is 1. The highest BCUT2D eigenvalue weighted by molar-refractivity contribution is 5.92. The fourth-order valence-corrected chi connectivity index (χ4v) is 7.40. The molecule has 4 aliphatic heterocycles. The Balaban J connectivity index is 1.33. The average molecular weight is 533 g/mol. The summed E-state index contributed by atoms with van der Waals surface area (Å²) in [6.07, 6.45) is 8.57. The zero-order valence-electron chi connectivity index (χ0n) is 22.8. The van der Waals surface area contributed by atoms with Gasteiger partial charge in [-0.1, -0.05) is 19.9 Å². The van der Waals surface area contributed by atoms with Crippen molar-refractivity contribution >= 4 is 16.7 Å². The van der Waals surface area contributed by atoms with E-state index in [4.69, 9.17) is 9.72 Å². The van der Waals surface area contributed by atoms with Gasteiger partial charge in [0.25, 0.3) is 0 Å². The molecule has 2 atom stereocenters. The molecule has 0 aliphatic carbocycles. The van der Waals surface area contributed by atoms with Crippen LogP contribution >= 0.6 is 0 Å². The van der Waals surface area contributed by atoms with Crippen LogP contribution in [0, 0.1) is 5.82 Å². The highest BCUT2D eigenvalue weighted by Gasteiger charge is 2.45. The van der Waals surface area contributed by atoms with E-state index in [-0.39, 0.29) is 34.4 Å². The van der Waals surface area contributed by atoms with Gasteiger partial charge in [-0.3, -0.25) is 9.88 Å². The van der Waals surface area contributed by atoms with Gasteiger partial charge in [-0.15, -0.1) is 0 Å². The zero-order valence-corrected chi connectivity index (χ0v) is 22.8. The van der Waals surface area contributed by atoms with Gasteiger partial charge in [0.1, 0.15) is 29.4 Å². The molecular formula is C30H37FN6O2. The van der Waals surface area contributed by atoms with Gasteiger partial charge in [0.05, 0.1) is 10.9 Å². The highest BCUT2D eigenvalue weighted by atomic mass is 19.1. The van der Waals surface area contributed by atoms with Crippen molar-refractivity contribution in [2.24, 2.45) is 0 Å². The summed E-state index contributed by atoms with van der Waals surface area (Å²) >= 11 is 0. The summed E-state index contributed by atoms with van der Waals surface area (Å²) in [5.74, 6) is 0.400. The van der Waals surface area contributed by atoms with E-state index in [1.807, 2.05) is 6.07 Å². The van der Waals surface area contributed by atoms with Crippen LogP contribution in [-0.4, -0.2) is 75.4 Å². The second kappa shape index (κ2) is 9.55. The first-order valence-electron chi connectivity index (χ1n) is 14.5. The molecule has 6 heterocycles. The Bertz CT molecular complexity index is 1390. The predicted octanol–water partition coefficient (Wildman–Crippen LogP) is 4.61. The third-order valence-electron chi connectivity index (χ3n) is 9.35. The van der Waals surface area contributed by atoms with Crippen molar-refractivity contribution < 1.29 is 14.2 Å². The standard InChI is InChI=1S/C30H37FN6O2/c1-18(2)22-8-7-21(38)13-23(22)26-25(31)27-24(14-32-26)28(36-15-19-5-6-20(16-36)33-19)35-29(34-27)39-17-30-9-3-11-37(30)12-4-10-30/h7-8,13-14,18-20,33,38H,3-6,9-12,15-17H2,1-2H3/t19-,20+. The lowest BCUT2D eigenvalue weighted by molar-refractivity contribution is 0.108. The summed E-state index contributed by atoms with van der Waals surface area (Å²) in [5, 5.41) is 14.5. The van der Waals surface area contributed by atoms with Gasteiger partial charge in [-0.05, 0) is 75.2 Å². The second-order valence-electron chi connectivity index (χ2n) is 12.2. The van der Waals surface area contributed by atoms with Crippen LogP contribution in [0.25, 0.3) is 22.2 Å². The van der Waals surface area contributed by atoms with Gasteiger partial charge in [0.2, 0.25) is 0 Å². The third kappa shape index (κ3) is 4.30. The number of hydrogen-bond acceptors (Lipinski definition) is 8. The largest absolute Gasteiger partial charge is 0.508 e.